The number of hydrogen-bond acceptors (Lipinski definition) is 3. The van der Waals surface area contributed by atoms with Gasteiger partial charge < -0.3 is 10.4 Å². The Kier molecular flexibility index (Phi) is 3.56. The van der Waals surface area contributed by atoms with Crippen molar-refractivity contribution in [1.82, 2.24) is 10.3 Å². The van der Waals surface area contributed by atoms with Crippen molar-refractivity contribution in [3.63, 3.8) is 0 Å². The SMILES string of the molecule is O=C(NCCO)c1cc2ccccc2c(Cl)n1. The normalized spacial score (nSPS) is 10.5. The van der Waals surface area contributed by atoms with Crippen molar-refractivity contribution in [1.29, 1.82) is 0 Å². The molecule has 2 N–H and O–H groups in total. The fourth-order valence-corrected chi connectivity index (χ4v) is 1.80. The number of pyridine rings is 1. The second-order valence-electron chi connectivity index (χ2n) is 3.50. The minimum atomic E-state index is -0.341. The largest absolute Gasteiger partial charge is 0.395 e. The molecular weight excluding hydrogens is 240 g/mol. The number of aliphatic hydroxyl groups is 1. The van der Waals surface area contributed by atoms with Crippen molar-refractivity contribution in [2.24, 2.45) is 0 Å². The van der Waals surface area contributed by atoms with Crippen LogP contribution in [0, 0.1) is 0 Å². The fourth-order valence-electron chi connectivity index (χ4n) is 1.53. The van der Waals surface area contributed by atoms with Gasteiger partial charge in [-0.25, -0.2) is 4.98 Å². The summed E-state index contributed by atoms with van der Waals surface area (Å²) < 4.78 is 0. The van der Waals surface area contributed by atoms with Gasteiger partial charge in [0.05, 0.1) is 6.61 Å². The van der Waals surface area contributed by atoms with E-state index in [4.69, 9.17) is 16.7 Å². The van der Waals surface area contributed by atoms with Gasteiger partial charge in [-0.05, 0) is 11.5 Å². The average molecular weight is 251 g/mol. The van der Waals surface area contributed by atoms with Crippen LogP contribution in [0.1, 0.15) is 10.5 Å². The smallest absolute Gasteiger partial charge is 0.270 e. The molecule has 1 aromatic carbocycles. The van der Waals surface area contributed by atoms with Gasteiger partial charge in [-0.2, -0.15) is 0 Å². The lowest BCUT2D eigenvalue weighted by atomic mass is 10.1. The molecule has 1 heterocycles. The molecule has 0 saturated carbocycles. The summed E-state index contributed by atoms with van der Waals surface area (Å²) in [6, 6.07) is 9.12. The zero-order valence-electron chi connectivity index (χ0n) is 8.98. The van der Waals surface area contributed by atoms with Gasteiger partial charge in [0.1, 0.15) is 10.8 Å². The Morgan fingerprint density at radius 1 is 1.41 bits per heavy atom. The van der Waals surface area contributed by atoms with Crippen LogP contribution in [-0.4, -0.2) is 29.1 Å². The zero-order chi connectivity index (χ0) is 12.3. The van der Waals surface area contributed by atoms with Gasteiger partial charge in [-0.15, -0.1) is 0 Å². The molecule has 17 heavy (non-hydrogen) atoms. The summed E-state index contributed by atoms with van der Waals surface area (Å²) in [5.41, 5.74) is 0.252. The molecule has 88 valence electrons. The number of nitrogens with zero attached hydrogens (tertiary/aromatic N) is 1. The lowest BCUT2D eigenvalue weighted by Crippen LogP contribution is -2.27. The molecule has 1 amide bonds. The number of aromatic nitrogens is 1. The fraction of sp³-hybridized carbons (Fsp3) is 0.167. The topological polar surface area (TPSA) is 62.2 Å². The monoisotopic (exact) mass is 250 g/mol. The average Bonchev–Trinajstić information content (AvgIpc) is 2.36. The molecule has 0 unspecified atom stereocenters. The second kappa shape index (κ2) is 5.12. The molecule has 1 aromatic heterocycles. The Bertz CT molecular complexity index is 557. The number of aliphatic hydroxyl groups excluding tert-OH is 1. The molecule has 0 aliphatic rings. The number of nitrogens with one attached hydrogen (secondary N) is 1. The molecule has 0 bridgehead atoms. The molecule has 0 aliphatic carbocycles. The van der Waals surface area contributed by atoms with Crippen LogP contribution in [0.4, 0.5) is 0 Å². The molecule has 0 saturated heterocycles. The number of hydrogen-bond donors (Lipinski definition) is 2. The Labute approximate surface area is 103 Å². The molecule has 2 aromatic rings. The molecular formula is C12H11ClN2O2. The first-order valence-corrected chi connectivity index (χ1v) is 5.54. The quantitative estimate of drug-likeness (QED) is 0.814. The Morgan fingerprint density at radius 2 is 2.18 bits per heavy atom. The maximum absolute atomic E-state index is 11.7. The summed E-state index contributed by atoms with van der Waals surface area (Å²) in [5, 5.41) is 13.1. The number of benzene rings is 1. The first-order chi connectivity index (χ1) is 8.22. The van der Waals surface area contributed by atoms with E-state index < -0.39 is 0 Å². The lowest BCUT2D eigenvalue weighted by Gasteiger charge is -2.05. The number of carbonyl (C=O) groups is 1. The van der Waals surface area contributed by atoms with E-state index in [0.29, 0.717) is 5.15 Å². The summed E-state index contributed by atoms with van der Waals surface area (Å²) in [7, 11) is 0. The molecule has 0 fully saturated rings. The second-order valence-corrected chi connectivity index (χ2v) is 3.86. The summed E-state index contributed by atoms with van der Waals surface area (Å²) >= 11 is 6.00. The third-order valence-corrected chi connectivity index (χ3v) is 2.61. The number of amides is 1. The molecule has 0 radical (unpaired) electrons. The van der Waals surface area contributed by atoms with E-state index in [1.807, 2.05) is 24.3 Å². The molecule has 2 rings (SSSR count). The van der Waals surface area contributed by atoms with Crippen LogP contribution < -0.4 is 5.32 Å². The van der Waals surface area contributed by atoms with Crippen LogP contribution in [0.15, 0.2) is 30.3 Å². The van der Waals surface area contributed by atoms with Crippen molar-refractivity contribution in [2.75, 3.05) is 13.2 Å². The van der Waals surface area contributed by atoms with Crippen molar-refractivity contribution in [3.8, 4) is 0 Å². The van der Waals surface area contributed by atoms with Gasteiger partial charge >= 0.3 is 0 Å². The van der Waals surface area contributed by atoms with E-state index in [0.717, 1.165) is 10.8 Å². The van der Waals surface area contributed by atoms with Crippen molar-refractivity contribution < 1.29 is 9.90 Å². The summed E-state index contributed by atoms with van der Waals surface area (Å²) in [6.07, 6.45) is 0. The molecule has 0 aliphatic heterocycles. The van der Waals surface area contributed by atoms with E-state index in [2.05, 4.69) is 10.3 Å². The highest BCUT2D eigenvalue weighted by Gasteiger charge is 2.10. The third kappa shape index (κ3) is 2.54. The van der Waals surface area contributed by atoms with Gasteiger partial charge in [0.15, 0.2) is 0 Å². The number of fused-ring (bicyclic) bond motifs is 1. The highest BCUT2D eigenvalue weighted by Crippen LogP contribution is 2.22. The molecule has 4 nitrogen and oxygen atoms in total. The van der Waals surface area contributed by atoms with Crippen LogP contribution in [0.3, 0.4) is 0 Å². The van der Waals surface area contributed by atoms with Crippen molar-refractivity contribution in [2.45, 2.75) is 0 Å². The molecule has 0 spiro atoms. The van der Waals surface area contributed by atoms with E-state index >= 15 is 0 Å². The number of carbonyl (C=O) groups excluding carboxylic acids is 1. The van der Waals surface area contributed by atoms with Gasteiger partial charge in [-0.3, -0.25) is 4.79 Å². The van der Waals surface area contributed by atoms with E-state index in [1.165, 1.54) is 0 Å². The van der Waals surface area contributed by atoms with E-state index in [9.17, 15) is 4.79 Å². The van der Waals surface area contributed by atoms with E-state index in [1.54, 1.807) is 6.07 Å². The van der Waals surface area contributed by atoms with Crippen LogP contribution in [0.25, 0.3) is 10.8 Å². The summed E-state index contributed by atoms with van der Waals surface area (Å²) in [6.45, 7) is 0.0953. The summed E-state index contributed by atoms with van der Waals surface area (Å²) in [5.74, 6) is -0.341. The van der Waals surface area contributed by atoms with Crippen molar-refractivity contribution >= 4 is 28.3 Å². The van der Waals surface area contributed by atoms with Gasteiger partial charge in [0, 0.05) is 11.9 Å². The zero-order valence-corrected chi connectivity index (χ0v) is 9.74. The van der Waals surface area contributed by atoms with Gasteiger partial charge in [0.25, 0.3) is 5.91 Å². The first-order valence-electron chi connectivity index (χ1n) is 5.16. The Balaban J connectivity index is 2.39. The highest BCUT2D eigenvalue weighted by molar-refractivity contribution is 6.34. The van der Waals surface area contributed by atoms with Gasteiger partial charge in [-0.1, -0.05) is 35.9 Å². The lowest BCUT2D eigenvalue weighted by molar-refractivity contribution is 0.0940. The van der Waals surface area contributed by atoms with Crippen LogP contribution >= 0.6 is 11.6 Å². The first kappa shape index (κ1) is 11.8. The van der Waals surface area contributed by atoms with E-state index in [-0.39, 0.29) is 24.8 Å². The number of rotatable bonds is 3. The van der Waals surface area contributed by atoms with Crippen LogP contribution in [0.2, 0.25) is 5.15 Å². The van der Waals surface area contributed by atoms with Gasteiger partial charge in [0.2, 0.25) is 0 Å². The standard InChI is InChI=1S/C12H11ClN2O2/c13-11-9-4-2-1-3-8(9)7-10(15-11)12(17)14-5-6-16/h1-4,7,16H,5-6H2,(H,14,17). The Morgan fingerprint density at radius 3 is 2.94 bits per heavy atom. The van der Waals surface area contributed by atoms with Crippen molar-refractivity contribution in [3.05, 3.63) is 41.2 Å². The summed E-state index contributed by atoms with van der Waals surface area (Å²) in [4.78, 5) is 15.7. The van der Waals surface area contributed by atoms with Crippen LogP contribution in [0.5, 0.6) is 0 Å². The third-order valence-electron chi connectivity index (χ3n) is 2.32. The predicted octanol–water partition coefficient (Wildman–Crippen LogP) is 1.61. The van der Waals surface area contributed by atoms with Crippen LogP contribution in [-0.2, 0) is 0 Å². The molecule has 5 heteroatoms. The maximum Gasteiger partial charge on any atom is 0.270 e. The minimum Gasteiger partial charge on any atom is -0.395 e. The highest BCUT2D eigenvalue weighted by atomic mass is 35.5. The number of halogens is 1. The minimum absolute atomic E-state index is 0.104. The predicted molar refractivity (Wildman–Crippen MR) is 66.2 cm³/mol. The Hall–Kier alpha value is -1.65. The molecule has 0 atom stereocenters. The maximum atomic E-state index is 11.7.